The molecule has 0 aliphatic rings. The van der Waals surface area contributed by atoms with Gasteiger partial charge in [0.1, 0.15) is 0 Å². The predicted octanol–water partition coefficient (Wildman–Crippen LogP) is 6.91. The first-order chi connectivity index (χ1) is 12.0. The second-order valence-corrected chi connectivity index (χ2v) is 8.99. The summed E-state index contributed by atoms with van der Waals surface area (Å²) in [7, 11) is 0. The first-order valence-electron chi connectivity index (χ1n) is 8.85. The van der Waals surface area contributed by atoms with E-state index >= 15 is 0 Å². The van der Waals surface area contributed by atoms with E-state index in [1.54, 1.807) is 6.20 Å². The van der Waals surface area contributed by atoms with E-state index in [0.717, 1.165) is 17.1 Å². The molecule has 2 rings (SSSR count). The maximum atomic E-state index is 4.76. The Bertz CT molecular complexity index is 659. The largest absolute Gasteiger partial charge is 0.263 e. The van der Waals surface area contributed by atoms with Crippen molar-refractivity contribution in [1.29, 1.82) is 0 Å². The molecule has 0 bridgehead atoms. The number of hydrogen-bond acceptors (Lipinski definition) is 4. The molecule has 0 aliphatic carbocycles. The van der Waals surface area contributed by atoms with Gasteiger partial charge in [0.2, 0.25) is 0 Å². The molecule has 1 aromatic carbocycles. The maximum Gasteiger partial charge on any atom is 0.0822 e. The third-order valence-electron chi connectivity index (χ3n) is 3.86. The molecule has 0 atom stereocenters. The van der Waals surface area contributed by atoms with E-state index in [1.807, 2.05) is 24.0 Å². The third kappa shape index (κ3) is 7.25. The van der Waals surface area contributed by atoms with Crippen molar-refractivity contribution in [3.8, 4) is 0 Å². The molecule has 0 N–H and O–H groups in total. The molecule has 0 amide bonds. The van der Waals surface area contributed by atoms with Crippen molar-refractivity contribution in [3.05, 3.63) is 59.9 Å². The minimum absolute atomic E-state index is 0.208. The summed E-state index contributed by atoms with van der Waals surface area (Å²) in [6.45, 7) is 8.98. The molecule has 0 spiro atoms. The minimum atomic E-state index is 0.208. The van der Waals surface area contributed by atoms with Crippen molar-refractivity contribution in [1.82, 2.24) is 4.98 Å². The average Bonchev–Trinajstić information content (AvgIpc) is 2.61. The van der Waals surface area contributed by atoms with Gasteiger partial charge in [-0.25, -0.2) is 4.40 Å². The monoisotopic (exact) mass is 372 g/mol. The number of nitrogens with zero attached hydrogens (tertiary/aromatic N) is 2. The number of rotatable bonds is 7. The predicted molar refractivity (Wildman–Crippen MR) is 113 cm³/mol. The zero-order chi connectivity index (χ0) is 18.1. The lowest BCUT2D eigenvalue weighted by Crippen LogP contribution is -2.10. The highest BCUT2D eigenvalue weighted by Crippen LogP contribution is 2.26. The van der Waals surface area contributed by atoms with E-state index in [4.69, 9.17) is 4.40 Å². The van der Waals surface area contributed by atoms with Gasteiger partial charge in [0.15, 0.2) is 0 Å². The minimum Gasteiger partial charge on any atom is -0.263 e. The molecular formula is C21H28N2S2. The molecule has 0 unspecified atom stereocenters. The van der Waals surface area contributed by atoms with Crippen LogP contribution < -0.4 is 0 Å². The number of hydrogen-bond donors (Lipinski definition) is 0. The Balaban J connectivity index is 1.97. The van der Waals surface area contributed by atoms with Crippen LogP contribution in [0.2, 0.25) is 0 Å². The summed E-state index contributed by atoms with van der Waals surface area (Å²) >= 11 is 3.38. The molecule has 1 aromatic heterocycles. The first kappa shape index (κ1) is 20.1. The van der Waals surface area contributed by atoms with Crippen LogP contribution in [0.3, 0.4) is 0 Å². The molecule has 2 nitrogen and oxygen atoms in total. The smallest absolute Gasteiger partial charge is 0.0822 e. The van der Waals surface area contributed by atoms with Gasteiger partial charge in [-0.15, -0.1) is 11.8 Å². The van der Waals surface area contributed by atoms with E-state index in [2.05, 4.69) is 63.0 Å². The molecule has 0 saturated carbocycles. The Kier molecular flexibility index (Phi) is 8.04. The number of unbranched alkanes of at least 4 members (excludes halogenated alkanes) is 1. The van der Waals surface area contributed by atoms with Crippen molar-refractivity contribution >= 4 is 28.8 Å². The third-order valence-corrected chi connectivity index (χ3v) is 5.84. The Hall–Kier alpha value is -1.26. The van der Waals surface area contributed by atoms with E-state index in [9.17, 15) is 0 Å². The highest BCUT2D eigenvalue weighted by molar-refractivity contribution is 8.14. The molecule has 25 heavy (non-hydrogen) atoms. The summed E-state index contributed by atoms with van der Waals surface area (Å²) in [5, 5.41) is 1.22. The quantitative estimate of drug-likeness (QED) is 0.300. The van der Waals surface area contributed by atoms with Gasteiger partial charge in [-0.3, -0.25) is 4.98 Å². The molecule has 0 fully saturated rings. The van der Waals surface area contributed by atoms with Gasteiger partial charge in [-0.05, 0) is 41.5 Å². The average molecular weight is 373 g/mol. The van der Waals surface area contributed by atoms with Crippen LogP contribution in [0.15, 0.2) is 58.1 Å². The summed E-state index contributed by atoms with van der Waals surface area (Å²) < 4.78 is 4.76. The van der Waals surface area contributed by atoms with Crippen molar-refractivity contribution < 1.29 is 0 Å². The second kappa shape index (κ2) is 10.0. The Labute approximate surface area is 161 Å². The lowest BCUT2D eigenvalue weighted by molar-refractivity contribution is 0.590. The standard InChI is InChI=1S/C21H28N2S2/c1-5-6-9-20(23-25-19-8-7-14-22-15-19)24-16-17-10-12-18(13-11-17)21(2,3)4/h7-8,10-15H,5-6,9,16H2,1-4H3. The molecule has 134 valence electrons. The van der Waals surface area contributed by atoms with Crippen LogP contribution in [-0.4, -0.2) is 10.0 Å². The lowest BCUT2D eigenvalue weighted by atomic mass is 9.87. The number of benzene rings is 1. The Morgan fingerprint density at radius 2 is 1.88 bits per heavy atom. The van der Waals surface area contributed by atoms with E-state index in [1.165, 1.54) is 41.0 Å². The molecule has 4 heteroatoms. The van der Waals surface area contributed by atoms with Gasteiger partial charge < -0.3 is 0 Å². The summed E-state index contributed by atoms with van der Waals surface area (Å²) in [5.41, 5.74) is 2.95. The zero-order valence-corrected chi connectivity index (χ0v) is 17.3. The van der Waals surface area contributed by atoms with Crippen molar-refractivity contribution in [3.63, 3.8) is 0 Å². The van der Waals surface area contributed by atoms with Crippen molar-refractivity contribution in [2.24, 2.45) is 4.40 Å². The fourth-order valence-electron chi connectivity index (χ4n) is 2.24. The highest BCUT2D eigenvalue weighted by Gasteiger charge is 2.13. The normalized spacial score (nSPS) is 12.4. The summed E-state index contributed by atoms with van der Waals surface area (Å²) in [5.74, 6) is 0.973. The zero-order valence-electron chi connectivity index (χ0n) is 15.7. The van der Waals surface area contributed by atoms with Gasteiger partial charge >= 0.3 is 0 Å². The molecule has 2 aromatic rings. The van der Waals surface area contributed by atoms with Gasteiger partial charge in [-0.1, -0.05) is 58.4 Å². The fraction of sp³-hybridized carbons (Fsp3) is 0.429. The van der Waals surface area contributed by atoms with Crippen LogP contribution in [0.4, 0.5) is 0 Å². The van der Waals surface area contributed by atoms with Crippen LogP contribution in [0.1, 0.15) is 58.1 Å². The molecule has 0 aliphatic heterocycles. The maximum absolute atomic E-state index is 4.76. The van der Waals surface area contributed by atoms with Gasteiger partial charge in [-0.2, -0.15) is 0 Å². The van der Waals surface area contributed by atoms with Crippen LogP contribution >= 0.6 is 23.7 Å². The molecule has 1 heterocycles. The van der Waals surface area contributed by atoms with Gasteiger partial charge in [0.25, 0.3) is 0 Å². The van der Waals surface area contributed by atoms with Crippen LogP contribution in [0.25, 0.3) is 0 Å². The number of pyridine rings is 1. The summed E-state index contributed by atoms with van der Waals surface area (Å²) in [6.07, 6.45) is 7.08. The van der Waals surface area contributed by atoms with Crippen LogP contribution in [-0.2, 0) is 11.2 Å². The second-order valence-electron chi connectivity index (χ2n) is 7.10. The first-order valence-corrected chi connectivity index (χ1v) is 10.6. The number of aromatic nitrogens is 1. The van der Waals surface area contributed by atoms with Gasteiger partial charge in [0.05, 0.1) is 5.04 Å². The van der Waals surface area contributed by atoms with E-state index in [-0.39, 0.29) is 5.41 Å². The lowest BCUT2D eigenvalue weighted by Gasteiger charge is -2.19. The number of thioether (sulfide) groups is 1. The van der Waals surface area contributed by atoms with E-state index in [0.29, 0.717) is 0 Å². The summed E-state index contributed by atoms with van der Waals surface area (Å²) in [6, 6.07) is 13.0. The topological polar surface area (TPSA) is 25.2 Å². The van der Waals surface area contributed by atoms with E-state index < -0.39 is 0 Å². The van der Waals surface area contributed by atoms with Gasteiger partial charge in [0, 0.05) is 35.0 Å². The Morgan fingerprint density at radius 3 is 2.48 bits per heavy atom. The van der Waals surface area contributed by atoms with Crippen molar-refractivity contribution in [2.45, 2.75) is 63.0 Å². The molecule has 0 radical (unpaired) electrons. The summed E-state index contributed by atoms with van der Waals surface area (Å²) in [4.78, 5) is 5.24. The molecular weight excluding hydrogens is 344 g/mol. The van der Waals surface area contributed by atoms with Crippen LogP contribution in [0, 0.1) is 0 Å². The molecule has 0 saturated heterocycles. The SMILES string of the molecule is CCCCC(=NSc1cccnc1)SCc1ccc(C(C)(C)C)cc1. The van der Waals surface area contributed by atoms with Crippen molar-refractivity contribution in [2.75, 3.05) is 0 Å². The fourth-order valence-corrected chi connectivity index (χ4v) is 3.93. The highest BCUT2D eigenvalue weighted by atomic mass is 32.2. The van der Waals surface area contributed by atoms with Crippen LogP contribution in [0.5, 0.6) is 0 Å². The Morgan fingerprint density at radius 1 is 1.12 bits per heavy atom.